The molecule has 0 amide bonds. The van der Waals surface area contributed by atoms with Crippen molar-refractivity contribution in [2.45, 2.75) is 31.5 Å². The minimum atomic E-state index is -4.55. The van der Waals surface area contributed by atoms with E-state index in [2.05, 4.69) is 10.0 Å². The van der Waals surface area contributed by atoms with E-state index in [1.165, 1.54) is 4.72 Å². The zero-order chi connectivity index (χ0) is 13.2. The molecule has 0 bridgehead atoms. The summed E-state index contributed by atoms with van der Waals surface area (Å²) in [6, 6.07) is 0. The predicted octanol–water partition coefficient (Wildman–Crippen LogP) is 0.115. The quantitative estimate of drug-likeness (QED) is 0.682. The largest absolute Gasteiger partial charge is 0.402 e. The second-order valence-corrected chi connectivity index (χ2v) is 5.85. The van der Waals surface area contributed by atoms with Crippen molar-refractivity contribution in [2.75, 3.05) is 19.6 Å². The normalized spacial score (nSPS) is 21.4. The fourth-order valence-electron chi connectivity index (χ4n) is 1.62. The van der Waals surface area contributed by atoms with E-state index >= 15 is 0 Å². The summed E-state index contributed by atoms with van der Waals surface area (Å²) in [5.41, 5.74) is -0.692. The average molecular weight is 275 g/mol. The summed E-state index contributed by atoms with van der Waals surface area (Å²) in [5.74, 6) is 0. The molecule has 1 rings (SSSR count). The van der Waals surface area contributed by atoms with Crippen LogP contribution in [0.4, 0.5) is 13.2 Å². The molecule has 17 heavy (non-hydrogen) atoms. The Kier molecular flexibility index (Phi) is 4.39. The molecule has 0 unspecified atom stereocenters. The zero-order valence-electron chi connectivity index (χ0n) is 9.39. The second-order valence-electron chi connectivity index (χ2n) is 4.35. The van der Waals surface area contributed by atoms with Crippen LogP contribution in [0, 0.1) is 0 Å². The van der Waals surface area contributed by atoms with Crippen LogP contribution < -0.4 is 14.8 Å². The highest BCUT2D eigenvalue weighted by Crippen LogP contribution is 2.18. The molecule has 5 nitrogen and oxygen atoms in total. The van der Waals surface area contributed by atoms with E-state index in [-0.39, 0.29) is 0 Å². The van der Waals surface area contributed by atoms with Gasteiger partial charge in [-0.1, -0.05) is 0 Å². The van der Waals surface area contributed by atoms with Crippen LogP contribution in [0.15, 0.2) is 0 Å². The number of halogens is 3. The van der Waals surface area contributed by atoms with Gasteiger partial charge in [0.05, 0.1) is 0 Å². The smallest absolute Gasteiger partial charge is 0.317 e. The summed E-state index contributed by atoms with van der Waals surface area (Å²) in [6.07, 6.45) is -3.47. The van der Waals surface area contributed by atoms with Crippen LogP contribution in [0.5, 0.6) is 0 Å². The van der Waals surface area contributed by atoms with Crippen molar-refractivity contribution in [1.29, 1.82) is 0 Å². The molecule has 1 aliphatic heterocycles. The van der Waals surface area contributed by atoms with E-state index < -0.39 is 28.5 Å². The molecular weight excluding hydrogens is 259 g/mol. The Morgan fingerprint density at radius 2 is 1.82 bits per heavy atom. The maximum absolute atomic E-state index is 11.9. The Balaban J connectivity index is 2.54. The van der Waals surface area contributed by atoms with Gasteiger partial charge in [0.25, 0.3) is 10.2 Å². The minimum absolute atomic E-state index is 0.542. The third-order valence-electron chi connectivity index (χ3n) is 2.55. The van der Waals surface area contributed by atoms with Crippen molar-refractivity contribution < 1.29 is 21.6 Å². The maximum atomic E-state index is 11.9. The lowest BCUT2D eigenvalue weighted by Crippen LogP contribution is -2.55. The lowest BCUT2D eigenvalue weighted by molar-refractivity contribution is -0.121. The first-order chi connectivity index (χ1) is 7.62. The summed E-state index contributed by atoms with van der Waals surface area (Å²) < 4.78 is 62.3. The monoisotopic (exact) mass is 275 g/mol. The molecule has 0 aromatic rings. The van der Waals surface area contributed by atoms with E-state index in [9.17, 15) is 21.6 Å². The van der Waals surface area contributed by atoms with E-state index in [1.807, 2.05) is 0 Å². The molecule has 0 aliphatic carbocycles. The lowest BCUT2D eigenvalue weighted by atomic mass is 9.92. The van der Waals surface area contributed by atoms with Crippen LogP contribution in [-0.2, 0) is 10.2 Å². The summed E-state index contributed by atoms with van der Waals surface area (Å²) in [5, 5.41) is 3.05. The number of rotatable bonds is 4. The van der Waals surface area contributed by atoms with Gasteiger partial charge < -0.3 is 5.32 Å². The van der Waals surface area contributed by atoms with Crippen molar-refractivity contribution >= 4 is 10.2 Å². The minimum Gasteiger partial charge on any atom is -0.317 e. The van der Waals surface area contributed by atoms with Gasteiger partial charge in [-0.25, -0.2) is 0 Å². The highest BCUT2D eigenvalue weighted by atomic mass is 32.2. The van der Waals surface area contributed by atoms with Crippen molar-refractivity contribution in [3.8, 4) is 0 Å². The summed E-state index contributed by atoms with van der Waals surface area (Å²) in [7, 11) is -4.12. The molecule has 9 heteroatoms. The number of alkyl halides is 3. The van der Waals surface area contributed by atoms with Gasteiger partial charge in [0, 0.05) is 5.54 Å². The Labute approximate surface area is 98.3 Å². The first-order valence-corrected chi connectivity index (χ1v) is 6.66. The summed E-state index contributed by atoms with van der Waals surface area (Å²) >= 11 is 0. The molecule has 1 saturated heterocycles. The van der Waals surface area contributed by atoms with E-state index in [1.54, 1.807) is 6.92 Å². The molecule has 1 fully saturated rings. The van der Waals surface area contributed by atoms with Gasteiger partial charge in [-0.05, 0) is 32.9 Å². The third-order valence-corrected chi connectivity index (χ3v) is 3.84. The van der Waals surface area contributed by atoms with Gasteiger partial charge in [0.15, 0.2) is 0 Å². The first-order valence-electron chi connectivity index (χ1n) is 5.18. The molecule has 0 aromatic heterocycles. The van der Waals surface area contributed by atoms with Gasteiger partial charge in [0.1, 0.15) is 6.54 Å². The average Bonchev–Trinajstić information content (AvgIpc) is 2.13. The van der Waals surface area contributed by atoms with Crippen molar-refractivity contribution in [1.82, 2.24) is 14.8 Å². The van der Waals surface area contributed by atoms with E-state index in [0.29, 0.717) is 25.9 Å². The highest BCUT2D eigenvalue weighted by molar-refractivity contribution is 7.87. The number of nitrogens with one attached hydrogen (secondary N) is 3. The zero-order valence-corrected chi connectivity index (χ0v) is 10.2. The van der Waals surface area contributed by atoms with Crippen molar-refractivity contribution in [2.24, 2.45) is 0 Å². The summed E-state index contributed by atoms with van der Waals surface area (Å²) in [6.45, 7) is 1.40. The fourth-order valence-corrected chi connectivity index (χ4v) is 2.90. The topological polar surface area (TPSA) is 70.2 Å². The molecule has 0 atom stereocenters. The molecule has 3 N–H and O–H groups in total. The Bertz CT molecular complexity index is 350. The van der Waals surface area contributed by atoms with Crippen LogP contribution >= 0.6 is 0 Å². The van der Waals surface area contributed by atoms with Crippen LogP contribution in [0.2, 0.25) is 0 Å². The van der Waals surface area contributed by atoms with Crippen LogP contribution in [0.3, 0.4) is 0 Å². The molecule has 1 heterocycles. The third kappa shape index (κ3) is 5.66. The highest BCUT2D eigenvalue weighted by Gasteiger charge is 2.34. The van der Waals surface area contributed by atoms with E-state index in [4.69, 9.17) is 0 Å². The van der Waals surface area contributed by atoms with Crippen LogP contribution in [0.25, 0.3) is 0 Å². The molecule has 1 aliphatic rings. The van der Waals surface area contributed by atoms with E-state index in [0.717, 1.165) is 0 Å². The molecule has 0 saturated carbocycles. The van der Waals surface area contributed by atoms with Gasteiger partial charge in [-0.2, -0.15) is 31.0 Å². The van der Waals surface area contributed by atoms with Gasteiger partial charge in [-0.15, -0.1) is 0 Å². The molecule has 102 valence electrons. The number of hydrogen-bond acceptors (Lipinski definition) is 3. The van der Waals surface area contributed by atoms with Gasteiger partial charge in [0.2, 0.25) is 0 Å². The Hall–Kier alpha value is -0.380. The predicted molar refractivity (Wildman–Crippen MR) is 56.6 cm³/mol. The SMILES string of the molecule is CC1(NS(=O)(=O)NCC(F)(F)F)CCNCC1. The number of piperidine rings is 1. The standard InChI is InChI=1S/C8H16F3N3O2S/c1-7(2-4-12-5-3-7)14-17(15,16)13-6-8(9,10)11/h12-14H,2-6H2,1H3. The van der Waals surface area contributed by atoms with Gasteiger partial charge >= 0.3 is 6.18 Å². The Morgan fingerprint density at radius 3 is 2.29 bits per heavy atom. The molecular formula is C8H16F3N3O2S. The molecule has 0 spiro atoms. The summed E-state index contributed by atoms with van der Waals surface area (Å²) in [4.78, 5) is 0. The van der Waals surface area contributed by atoms with Crippen molar-refractivity contribution in [3.63, 3.8) is 0 Å². The molecule has 0 aromatic carbocycles. The number of hydrogen-bond donors (Lipinski definition) is 3. The second kappa shape index (κ2) is 5.09. The lowest BCUT2D eigenvalue weighted by Gasteiger charge is -2.34. The first kappa shape index (κ1) is 14.7. The Morgan fingerprint density at radius 1 is 1.29 bits per heavy atom. The molecule has 0 radical (unpaired) electrons. The maximum Gasteiger partial charge on any atom is 0.402 e. The fraction of sp³-hybridized carbons (Fsp3) is 1.00. The van der Waals surface area contributed by atoms with Crippen molar-refractivity contribution in [3.05, 3.63) is 0 Å². The van der Waals surface area contributed by atoms with Crippen LogP contribution in [-0.4, -0.2) is 39.8 Å². The van der Waals surface area contributed by atoms with Gasteiger partial charge in [-0.3, -0.25) is 0 Å². The van der Waals surface area contributed by atoms with Crippen LogP contribution in [0.1, 0.15) is 19.8 Å².